The molecule has 0 aliphatic heterocycles. The topological polar surface area (TPSA) is 66.5 Å². The second-order valence-electron chi connectivity index (χ2n) is 6.48. The third kappa shape index (κ3) is 6.01. The predicted molar refractivity (Wildman–Crippen MR) is 114 cm³/mol. The van der Waals surface area contributed by atoms with Crippen LogP contribution in [0.1, 0.15) is 27.0 Å². The molecule has 5 nitrogen and oxygen atoms in total. The van der Waals surface area contributed by atoms with Crippen molar-refractivity contribution in [3.63, 3.8) is 0 Å². The highest BCUT2D eigenvalue weighted by Gasteiger charge is 2.18. The van der Waals surface area contributed by atoms with Gasteiger partial charge in [0.2, 0.25) is 10.0 Å². The van der Waals surface area contributed by atoms with E-state index in [0.717, 1.165) is 17.8 Å². The van der Waals surface area contributed by atoms with Crippen LogP contribution in [0, 0.1) is 13.8 Å². The number of thioether (sulfide) groups is 1. The van der Waals surface area contributed by atoms with Crippen LogP contribution < -0.4 is 9.62 Å². The molecule has 0 aliphatic carbocycles. The summed E-state index contributed by atoms with van der Waals surface area (Å²) < 4.78 is 24.7. The standard InChI is InChI=1S/C20H26N2O3S2/c1-15-7-5-8-17(13-15)14-26-12-11-21-20(23)18-9-6-10-19(16(18)2)22(3)27(4,24)25/h5-10,13H,11-12,14H2,1-4H3,(H,21,23). The molecule has 2 aromatic rings. The van der Waals surface area contributed by atoms with Crippen molar-refractivity contribution in [1.82, 2.24) is 5.32 Å². The summed E-state index contributed by atoms with van der Waals surface area (Å²) in [6.07, 6.45) is 1.14. The second-order valence-corrected chi connectivity index (χ2v) is 9.60. The van der Waals surface area contributed by atoms with E-state index in [2.05, 4.69) is 36.5 Å². The van der Waals surface area contributed by atoms with Gasteiger partial charge in [-0.2, -0.15) is 11.8 Å². The van der Waals surface area contributed by atoms with Gasteiger partial charge in [0.15, 0.2) is 0 Å². The molecule has 0 radical (unpaired) electrons. The smallest absolute Gasteiger partial charge is 0.251 e. The van der Waals surface area contributed by atoms with Gasteiger partial charge in [-0.25, -0.2) is 8.42 Å². The van der Waals surface area contributed by atoms with Gasteiger partial charge in [-0.05, 0) is 37.1 Å². The molecule has 7 heteroatoms. The highest BCUT2D eigenvalue weighted by atomic mass is 32.2. The van der Waals surface area contributed by atoms with Crippen LogP contribution >= 0.6 is 11.8 Å². The quantitative estimate of drug-likeness (QED) is 0.683. The predicted octanol–water partition coefficient (Wildman–Crippen LogP) is 3.36. The van der Waals surface area contributed by atoms with Crippen LogP contribution in [0.15, 0.2) is 42.5 Å². The minimum Gasteiger partial charge on any atom is -0.351 e. The molecular weight excluding hydrogens is 380 g/mol. The Hall–Kier alpha value is -1.99. The molecule has 0 spiro atoms. The van der Waals surface area contributed by atoms with Crippen molar-refractivity contribution >= 4 is 33.4 Å². The van der Waals surface area contributed by atoms with Gasteiger partial charge in [-0.1, -0.05) is 35.9 Å². The normalized spacial score (nSPS) is 11.3. The number of nitrogens with zero attached hydrogens (tertiary/aromatic N) is 1. The summed E-state index contributed by atoms with van der Waals surface area (Å²) in [6, 6.07) is 13.5. The Balaban J connectivity index is 1.91. The Bertz CT molecular complexity index is 911. The van der Waals surface area contributed by atoms with E-state index in [9.17, 15) is 13.2 Å². The number of hydrogen-bond donors (Lipinski definition) is 1. The molecule has 146 valence electrons. The number of benzene rings is 2. The summed E-state index contributed by atoms with van der Waals surface area (Å²) in [5.74, 6) is 1.53. The van der Waals surface area contributed by atoms with Crippen molar-refractivity contribution in [2.24, 2.45) is 0 Å². The number of carbonyl (C=O) groups excluding carboxylic acids is 1. The highest BCUT2D eigenvalue weighted by molar-refractivity contribution is 7.98. The SMILES string of the molecule is Cc1cccc(CSCCNC(=O)c2cccc(N(C)S(C)(=O)=O)c2C)c1. The van der Waals surface area contributed by atoms with Crippen molar-refractivity contribution in [3.05, 3.63) is 64.7 Å². The maximum absolute atomic E-state index is 12.5. The summed E-state index contributed by atoms with van der Waals surface area (Å²) in [6.45, 7) is 4.39. The molecule has 0 heterocycles. The molecule has 0 atom stereocenters. The highest BCUT2D eigenvalue weighted by Crippen LogP contribution is 2.24. The zero-order valence-corrected chi connectivity index (χ0v) is 17.8. The summed E-state index contributed by atoms with van der Waals surface area (Å²) >= 11 is 1.77. The fraction of sp³-hybridized carbons (Fsp3) is 0.350. The lowest BCUT2D eigenvalue weighted by atomic mass is 10.1. The van der Waals surface area contributed by atoms with Gasteiger partial charge < -0.3 is 5.32 Å². The van der Waals surface area contributed by atoms with Crippen LogP contribution in [0.25, 0.3) is 0 Å². The number of aryl methyl sites for hydroxylation is 1. The molecule has 0 aromatic heterocycles. The summed E-state index contributed by atoms with van der Waals surface area (Å²) in [5.41, 5.74) is 4.18. The lowest BCUT2D eigenvalue weighted by Gasteiger charge is -2.20. The third-order valence-electron chi connectivity index (χ3n) is 4.27. The Morgan fingerprint density at radius 1 is 1.15 bits per heavy atom. The van der Waals surface area contributed by atoms with E-state index in [1.165, 1.54) is 22.5 Å². The van der Waals surface area contributed by atoms with Gasteiger partial charge in [0, 0.05) is 30.7 Å². The maximum Gasteiger partial charge on any atom is 0.251 e. The number of carbonyl (C=O) groups is 1. The molecule has 0 fully saturated rings. The monoisotopic (exact) mass is 406 g/mol. The largest absolute Gasteiger partial charge is 0.351 e. The van der Waals surface area contributed by atoms with E-state index in [-0.39, 0.29) is 5.91 Å². The van der Waals surface area contributed by atoms with Crippen molar-refractivity contribution in [2.75, 3.05) is 29.9 Å². The molecule has 2 aromatic carbocycles. The van der Waals surface area contributed by atoms with Gasteiger partial charge in [0.25, 0.3) is 5.91 Å². The van der Waals surface area contributed by atoms with E-state index in [4.69, 9.17) is 0 Å². The molecule has 0 aliphatic rings. The number of rotatable bonds is 8. The molecule has 0 saturated heterocycles. The second kappa shape index (κ2) is 9.28. The Morgan fingerprint density at radius 2 is 1.85 bits per heavy atom. The maximum atomic E-state index is 12.5. The van der Waals surface area contributed by atoms with Crippen molar-refractivity contribution in [3.8, 4) is 0 Å². The van der Waals surface area contributed by atoms with Crippen molar-refractivity contribution < 1.29 is 13.2 Å². The molecule has 27 heavy (non-hydrogen) atoms. The van der Waals surface area contributed by atoms with Gasteiger partial charge >= 0.3 is 0 Å². The van der Waals surface area contributed by atoms with E-state index in [1.807, 2.05) is 0 Å². The zero-order valence-electron chi connectivity index (χ0n) is 16.2. The van der Waals surface area contributed by atoms with E-state index in [0.29, 0.717) is 23.4 Å². The Labute approximate surface area is 166 Å². The number of amides is 1. The van der Waals surface area contributed by atoms with Crippen LogP contribution in [0.3, 0.4) is 0 Å². The van der Waals surface area contributed by atoms with Crippen LogP contribution in [-0.2, 0) is 15.8 Å². The molecule has 0 saturated carbocycles. The van der Waals surface area contributed by atoms with E-state index >= 15 is 0 Å². The van der Waals surface area contributed by atoms with Crippen LogP contribution in [-0.4, -0.2) is 39.9 Å². The first-order valence-electron chi connectivity index (χ1n) is 8.65. The number of anilines is 1. The number of sulfonamides is 1. The van der Waals surface area contributed by atoms with Crippen LogP contribution in [0.4, 0.5) is 5.69 Å². The molecule has 1 amide bonds. The molecule has 0 bridgehead atoms. The summed E-state index contributed by atoms with van der Waals surface area (Å²) in [5, 5.41) is 2.91. The number of hydrogen-bond acceptors (Lipinski definition) is 4. The summed E-state index contributed by atoms with van der Waals surface area (Å²) in [7, 11) is -1.89. The zero-order chi connectivity index (χ0) is 20.0. The minimum atomic E-state index is -3.38. The van der Waals surface area contributed by atoms with Crippen molar-refractivity contribution in [2.45, 2.75) is 19.6 Å². The van der Waals surface area contributed by atoms with Gasteiger partial charge in [0.05, 0.1) is 11.9 Å². The average Bonchev–Trinajstić information content (AvgIpc) is 2.60. The first-order chi connectivity index (χ1) is 12.7. The molecule has 2 rings (SSSR count). The fourth-order valence-electron chi connectivity index (χ4n) is 2.71. The molecular formula is C20H26N2O3S2. The lowest BCUT2D eigenvalue weighted by molar-refractivity contribution is 0.0955. The number of nitrogens with one attached hydrogen (secondary N) is 1. The Kier molecular flexibility index (Phi) is 7.33. The van der Waals surface area contributed by atoms with Crippen LogP contribution in [0.5, 0.6) is 0 Å². The third-order valence-corrected chi connectivity index (χ3v) is 6.49. The average molecular weight is 407 g/mol. The van der Waals surface area contributed by atoms with Crippen molar-refractivity contribution in [1.29, 1.82) is 0 Å². The van der Waals surface area contributed by atoms with E-state index < -0.39 is 10.0 Å². The van der Waals surface area contributed by atoms with Gasteiger partial charge in [-0.3, -0.25) is 9.10 Å². The lowest BCUT2D eigenvalue weighted by Crippen LogP contribution is -2.29. The Morgan fingerprint density at radius 3 is 2.52 bits per heavy atom. The summed E-state index contributed by atoms with van der Waals surface area (Å²) in [4.78, 5) is 12.5. The first-order valence-corrected chi connectivity index (χ1v) is 11.7. The van der Waals surface area contributed by atoms with Crippen LogP contribution in [0.2, 0.25) is 0 Å². The van der Waals surface area contributed by atoms with E-state index in [1.54, 1.807) is 36.9 Å². The molecule has 1 N–H and O–H groups in total. The fourth-order valence-corrected chi connectivity index (χ4v) is 4.07. The van der Waals surface area contributed by atoms with Gasteiger partial charge in [-0.15, -0.1) is 0 Å². The first kappa shape index (κ1) is 21.3. The minimum absolute atomic E-state index is 0.188. The molecule has 0 unspecified atom stereocenters. The van der Waals surface area contributed by atoms with Gasteiger partial charge in [0.1, 0.15) is 0 Å².